The Bertz CT molecular complexity index is 1320. The third kappa shape index (κ3) is 4.59. The molecule has 0 aliphatic heterocycles. The topological polar surface area (TPSA) is 81.5 Å². The van der Waals surface area contributed by atoms with E-state index in [1.165, 1.54) is 0 Å². The van der Waals surface area contributed by atoms with Gasteiger partial charge in [0.25, 0.3) is 0 Å². The van der Waals surface area contributed by atoms with E-state index in [1.54, 1.807) is 12.4 Å². The van der Waals surface area contributed by atoms with Crippen LogP contribution in [0.15, 0.2) is 67.0 Å². The third-order valence-electron chi connectivity index (χ3n) is 4.94. The Morgan fingerprint density at radius 3 is 2.66 bits per heavy atom. The number of ether oxygens (including phenoxy) is 1. The van der Waals surface area contributed by atoms with E-state index < -0.39 is 0 Å². The summed E-state index contributed by atoms with van der Waals surface area (Å²) in [5.41, 5.74) is 4.98. The minimum absolute atomic E-state index is 0. The van der Waals surface area contributed by atoms with Gasteiger partial charge >= 0.3 is 0 Å². The Balaban J connectivity index is 0.00000245. The summed E-state index contributed by atoms with van der Waals surface area (Å²) < 4.78 is 7.99. The van der Waals surface area contributed by atoms with E-state index >= 15 is 0 Å². The lowest BCUT2D eigenvalue weighted by molar-refractivity contribution is 0.302. The second-order valence-electron chi connectivity index (χ2n) is 7.17. The summed E-state index contributed by atoms with van der Waals surface area (Å²) in [7, 11) is 0. The zero-order chi connectivity index (χ0) is 21.2. The molecule has 1 N–H and O–H groups in total. The molecule has 3 aromatic heterocycles. The normalized spacial score (nSPS) is 10.8. The van der Waals surface area contributed by atoms with E-state index in [0.29, 0.717) is 35.3 Å². The van der Waals surface area contributed by atoms with Crippen molar-refractivity contribution in [2.75, 3.05) is 0 Å². The molecule has 0 unspecified atom stereocenters. The summed E-state index contributed by atoms with van der Waals surface area (Å²) in [6.45, 7) is 3.01. The van der Waals surface area contributed by atoms with E-state index in [4.69, 9.17) is 21.4 Å². The molecule has 2 aromatic carbocycles. The first kappa shape index (κ1) is 21.8. The smallest absolute Gasteiger partial charge is 0.197 e. The standard InChI is InChI=1S/C23H19ClN6O.ClH/c1-15-11-19(21-27-22-23(28-21)26-10-9-25-22)29-30(15)13-17-12-18(24)7-8-20(17)31-14-16-5-3-2-4-6-16;/h2-12H,13-14H2,1H3,(H,25,26,27,28);1H. The van der Waals surface area contributed by atoms with E-state index in [9.17, 15) is 0 Å². The van der Waals surface area contributed by atoms with Gasteiger partial charge in [0.05, 0.1) is 6.54 Å². The Morgan fingerprint density at radius 2 is 1.84 bits per heavy atom. The van der Waals surface area contributed by atoms with Gasteiger partial charge < -0.3 is 9.72 Å². The quantitative estimate of drug-likeness (QED) is 0.370. The van der Waals surface area contributed by atoms with Crippen molar-refractivity contribution in [3.05, 3.63) is 88.8 Å². The summed E-state index contributed by atoms with van der Waals surface area (Å²) in [6.07, 6.45) is 3.25. The van der Waals surface area contributed by atoms with Crippen LogP contribution in [0.25, 0.3) is 22.8 Å². The molecule has 0 saturated carbocycles. The number of aromatic amines is 1. The average molecular weight is 467 g/mol. The molecule has 5 rings (SSSR count). The molecule has 0 saturated heterocycles. The van der Waals surface area contributed by atoms with Gasteiger partial charge in [0.15, 0.2) is 17.1 Å². The van der Waals surface area contributed by atoms with Gasteiger partial charge in [0, 0.05) is 28.7 Å². The van der Waals surface area contributed by atoms with Crippen molar-refractivity contribution in [2.45, 2.75) is 20.1 Å². The van der Waals surface area contributed by atoms with Gasteiger partial charge in [0.1, 0.15) is 18.1 Å². The predicted molar refractivity (Wildman–Crippen MR) is 126 cm³/mol. The number of halogens is 2. The highest BCUT2D eigenvalue weighted by atomic mass is 35.5. The van der Waals surface area contributed by atoms with Crippen molar-refractivity contribution < 1.29 is 4.74 Å². The lowest BCUT2D eigenvalue weighted by Crippen LogP contribution is -2.06. The van der Waals surface area contributed by atoms with E-state index in [0.717, 1.165) is 28.3 Å². The third-order valence-corrected chi connectivity index (χ3v) is 5.17. The van der Waals surface area contributed by atoms with Crippen molar-refractivity contribution in [3.63, 3.8) is 0 Å². The van der Waals surface area contributed by atoms with Crippen LogP contribution in [0.4, 0.5) is 0 Å². The molecule has 0 fully saturated rings. The lowest BCUT2D eigenvalue weighted by atomic mass is 10.2. The summed E-state index contributed by atoms with van der Waals surface area (Å²) in [6, 6.07) is 17.7. The number of aryl methyl sites for hydroxylation is 1. The molecule has 0 aliphatic carbocycles. The highest BCUT2D eigenvalue weighted by molar-refractivity contribution is 6.30. The number of H-pyrrole nitrogens is 1. The number of aromatic nitrogens is 6. The maximum absolute atomic E-state index is 6.27. The molecule has 162 valence electrons. The monoisotopic (exact) mass is 466 g/mol. The number of nitrogens with one attached hydrogen (secondary N) is 1. The molecule has 5 aromatic rings. The molecule has 3 heterocycles. The van der Waals surface area contributed by atoms with Crippen molar-refractivity contribution in [1.29, 1.82) is 0 Å². The molecule has 7 nitrogen and oxygen atoms in total. The van der Waals surface area contributed by atoms with E-state index in [1.807, 2.05) is 66.2 Å². The van der Waals surface area contributed by atoms with Gasteiger partial charge in [-0.25, -0.2) is 15.0 Å². The number of hydrogen-bond acceptors (Lipinski definition) is 5. The Morgan fingerprint density at radius 1 is 1.03 bits per heavy atom. The minimum atomic E-state index is 0. The van der Waals surface area contributed by atoms with Crippen molar-refractivity contribution in [2.24, 2.45) is 0 Å². The van der Waals surface area contributed by atoms with Crippen LogP contribution in [0, 0.1) is 6.92 Å². The Kier molecular flexibility index (Phi) is 6.39. The lowest BCUT2D eigenvalue weighted by Gasteiger charge is -2.13. The van der Waals surface area contributed by atoms with Crippen LogP contribution in [-0.4, -0.2) is 29.7 Å². The molecule has 0 amide bonds. The summed E-state index contributed by atoms with van der Waals surface area (Å²) in [5.74, 6) is 1.41. The fourth-order valence-electron chi connectivity index (χ4n) is 3.36. The first-order chi connectivity index (χ1) is 15.2. The van der Waals surface area contributed by atoms with Gasteiger partial charge in [-0.3, -0.25) is 4.68 Å². The summed E-state index contributed by atoms with van der Waals surface area (Å²) >= 11 is 6.27. The molecule has 9 heteroatoms. The van der Waals surface area contributed by atoms with Crippen LogP contribution in [0.5, 0.6) is 5.75 Å². The first-order valence-electron chi connectivity index (χ1n) is 9.82. The van der Waals surface area contributed by atoms with Gasteiger partial charge in [-0.2, -0.15) is 5.10 Å². The van der Waals surface area contributed by atoms with Crippen LogP contribution in [-0.2, 0) is 13.2 Å². The number of fused-ring (bicyclic) bond motifs is 1. The van der Waals surface area contributed by atoms with Crippen LogP contribution in [0.2, 0.25) is 5.02 Å². The molecule has 0 spiro atoms. The van der Waals surface area contributed by atoms with E-state index in [-0.39, 0.29) is 12.4 Å². The highest BCUT2D eigenvalue weighted by Gasteiger charge is 2.14. The molecule has 0 atom stereocenters. The molecule has 0 bridgehead atoms. The Hall–Kier alpha value is -3.42. The first-order valence-corrected chi connectivity index (χ1v) is 10.2. The number of benzene rings is 2. The zero-order valence-corrected chi connectivity index (χ0v) is 18.8. The molecule has 32 heavy (non-hydrogen) atoms. The van der Waals surface area contributed by atoms with Gasteiger partial charge in [-0.1, -0.05) is 41.9 Å². The number of rotatable bonds is 6. The fourth-order valence-corrected chi connectivity index (χ4v) is 3.56. The average Bonchev–Trinajstić information content (AvgIpc) is 3.37. The maximum atomic E-state index is 6.27. The largest absolute Gasteiger partial charge is 0.489 e. The van der Waals surface area contributed by atoms with Crippen LogP contribution < -0.4 is 4.74 Å². The molecule has 0 aliphatic rings. The van der Waals surface area contributed by atoms with Crippen molar-refractivity contribution in [1.82, 2.24) is 29.7 Å². The van der Waals surface area contributed by atoms with Crippen LogP contribution in [0.3, 0.4) is 0 Å². The van der Waals surface area contributed by atoms with Crippen LogP contribution >= 0.6 is 24.0 Å². The fraction of sp³-hybridized carbons (Fsp3) is 0.130. The second-order valence-corrected chi connectivity index (χ2v) is 7.61. The van der Waals surface area contributed by atoms with Gasteiger partial charge in [0.2, 0.25) is 0 Å². The van der Waals surface area contributed by atoms with Crippen molar-refractivity contribution in [3.8, 4) is 17.3 Å². The SMILES string of the molecule is Cc1cc(-c2nc3nccnc3[nH]2)nn1Cc1cc(Cl)ccc1OCc1ccccc1.Cl. The molecular formula is C23H20Cl2N6O. The number of hydrogen-bond donors (Lipinski definition) is 1. The maximum Gasteiger partial charge on any atom is 0.197 e. The minimum Gasteiger partial charge on any atom is -0.489 e. The molecule has 0 radical (unpaired) electrons. The van der Waals surface area contributed by atoms with Gasteiger partial charge in [-0.05, 0) is 36.8 Å². The van der Waals surface area contributed by atoms with E-state index in [2.05, 4.69) is 19.9 Å². The number of nitrogens with zero attached hydrogens (tertiary/aromatic N) is 5. The van der Waals surface area contributed by atoms with Crippen molar-refractivity contribution >= 4 is 35.3 Å². The zero-order valence-electron chi connectivity index (χ0n) is 17.2. The highest BCUT2D eigenvalue weighted by Crippen LogP contribution is 2.26. The Labute approximate surface area is 195 Å². The predicted octanol–water partition coefficient (Wildman–Crippen LogP) is 5.23. The summed E-state index contributed by atoms with van der Waals surface area (Å²) in [4.78, 5) is 16.1. The van der Waals surface area contributed by atoms with Gasteiger partial charge in [-0.15, -0.1) is 12.4 Å². The summed E-state index contributed by atoms with van der Waals surface area (Å²) in [5, 5.41) is 5.38. The van der Waals surface area contributed by atoms with Crippen LogP contribution in [0.1, 0.15) is 16.8 Å². The second kappa shape index (κ2) is 9.38. The number of imidazole rings is 1. The molecular weight excluding hydrogens is 447 g/mol.